The fourth-order valence-corrected chi connectivity index (χ4v) is 4.74. The van der Waals surface area contributed by atoms with Crippen molar-refractivity contribution in [3.63, 3.8) is 0 Å². The van der Waals surface area contributed by atoms with Crippen molar-refractivity contribution < 1.29 is 27.5 Å². The van der Waals surface area contributed by atoms with Crippen LogP contribution in [-0.4, -0.2) is 28.1 Å². The zero-order chi connectivity index (χ0) is 28.2. The maximum atomic E-state index is 13.2. The van der Waals surface area contributed by atoms with Crippen LogP contribution in [0.4, 0.5) is 24.5 Å². The fourth-order valence-electron chi connectivity index (χ4n) is 3.90. The molecule has 2 aromatic carbocycles. The van der Waals surface area contributed by atoms with Crippen LogP contribution in [0.3, 0.4) is 0 Å². The molecule has 0 atom stereocenters. The van der Waals surface area contributed by atoms with E-state index in [1.807, 2.05) is 0 Å². The number of methoxy groups -OCH3 is 1. The number of rotatable bonds is 9. The molecule has 0 bridgehead atoms. The van der Waals surface area contributed by atoms with Crippen molar-refractivity contribution in [2.75, 3.05) is 17.7 Å². The Hall–Kier alpha value is -4.39. The van der Waals surface area contributed by atoms with E-state index in [1.165, 1.54) is 19.2 Å². The summed E-state index contributed by atoms with van der Waals surface area (Å²) in [4.78, 5) is 51.1. The van der Waals surface area contributed by atoms with Crippen molar-refractivity contribution in [2.24, 2.45) is 0 Å². The Morgan fingerprint density at radius 3 is 2.36 bits per heavy atom. The van der Waals surface area contributed by atoms with Gasteiger partial charge in [-0.15, -0.1) is 11.3 Å². The number of ether oxygens (including phenoxy) is 1. The predicted molar refractivity (Wildman–Crippen MR) is 141 cm³/mol. The summed E-state index contributed by atoms with van der Waals surface area (Å²) in [5.41, 5.74) is -1.52. The number of hydrogen-bond acceptors (Lipinski definition) is 6. The minimum atomic E-state index is -4.58. The van der Waals surface area contributed by atoms with Gasteiger partial charge in [0.25, 0.3) is 5.56 Å². The third kappa shape index (κ3) is 6.55. The third-order valence-corrected chi connectivity index (χ3v) is 6.66. The lowest BCUT2D eigenvalue weighted by Gasteiger charge is -2.13. The molecule has 39 heavy (non-hydrogen) atoms. The van der Waals surface area contributed by atoms with Gasteiger partial charge in [0.05, 0.1) is 18.2 Å². The number of thiophene rings is 1. The van der Waals surface area contributed by atoms with Crippen LogP contribution in [0.2, 0.25) is 0 Å². The highest BCUT2D eigenvalue weighted by Gasteiger charge is 2.30. The molecule has 0 aliphatic rings. The second kappa shape index (κ2) is 11.6. The molecule has 13 heteroatoms. The van der Waals surface area contributed by atoms with E-state index in [0.29, 0.717) is 11.4 Å². The van der Waals surface area contributed by atoms with Crippen LogP contribution in [0.15, 0.2) is 69.6 Å². The summed E-state index contributed by atoms with van der Waals surface area (Å²) in [6, 6.07) is 12.4. The summed E-state index contributed by atoms with van der Waals surface area (Å²) in [5.74, 6) is -0.421. The Balaban J connectivity index is 1.47. The first-order chi connectivity index (χ1) is 18.6. The molecule has 0 saturated heterocycles. The number of alkyl halides is 3. The van der Waals surface area contributed by atoms with Gasteiger partial charge in [0.15, 0.2) is 0 Å². The second-order valence-corrected chi connectivity index (χ2v) is 9.38. The maximum Gasteiger partial charge on any atom is 0.416 e. The van der Waals surface area contributed by atoms with Crippen LogP contribution in [0.5, 0.6) is 5.75 Å². The highest BCUT2D eigenvalue weighted by Crippen LogP contribution is 2.30. The van der Waals surface area contributed by atoms with Gasteiger partial charge in [-0.25, -0.2) is 4.79 Å². The summed E-state index contributed by atoms with van der Waals surface area (Å²) < 4.78 is 46.3. The molecule has 0 aliphatic carbocycles. The number of anilines is 2. The van der Waals surface area contributed by atoms with Gasteiger partial charge in [-0.1, -0.05) is 6.07 Å². The van der Waals surface area contributed by atoms with Crippen molar-refractivity contribution in [3.8, 4) is 5.75 Å². The molecule has 0 spiro atoms. The van der Waals surface area contributed by atoms with Gasteiger partial charge >= 0.3 is 11.9 Å². The number of benzene rings is 2. The minimum Gasteiger partial charge on any atom is -0.497 e. The van der Waals surface area contributed by atoms with E-state index in [4.69, 9.17) is 4.74 Å². The third-order valence-electron chi connectivity index (χ3n) is 5.77. The highest BCUT2D eigenvalue weighted by molar-refractivity contribution is 7.17. The first-order valence-electron chi connectivity index (χ1n) is 11.7. The Morgan fingerprint density at radius 1 is 0.949 bits per heavy atom. The van der Waals surface area contributed by atoms with Gasteiger partial charge in [-0.3, -0.25) is 23.5 Å². The lowest BCUT2D eigenvalue weighted by atomic mass is 10.2. The highest BCUT2D eigenvalue weighted by atomic mass is 32.1. The molecule has 0 fully saturated rings. The zero-order valence-electron chi connectivity index (χ0n) is 20.6. The Morgan fingerprint density at radius 2 is 1.67 bits per heavy atom. The molecular formula is C26H23F3N4O5S. The Bertz CT molecular complexity index is 1620. The molecule has 2 amide bonds. The van der Waals surface area contributed by atoms with Crippen LogP contribution >= 0.6 is 11.3 Å². The normalized spacial score (nSPS) is 11.4. The van der Waals surface area contributed by atoms with Gasteiger partial charge in [0.2, 0.25) is 11.8 Å². The molecule has 4 rings (SSSR count). The van der Waals surface area contributed by atoms with E-state index in [1.54, 1.807) is 29.6 Å². The Kier molecular flexibility index (Phi) is 8.19. The molecule has 2 aromatic heterocycles. The topological polar surface area (TPSA) is 111 Å². The van der Waals surface area contributed by atoms with Crippen LogP contribution in [0.1, 0.15) is 18.4 Å². The molecule has 2 N–H and O–H groups in total. The largest absolute Gasteiger partial charge is 0.497 e. The smallest absolute Gasteiger partial charge is 0.416 e. The number of carbonyl (C=O) groups excluding carboxylic acids is 2. The number of carbonyl (C=O) groups is 2. The number of amides is 2. The first kappa shape index (κ1) is 27.6. The van der Waals surface area contributed by atoms with Crippen LogP contribution in [0, 0.1) is 0 Å². The van der Waals surface area contributed by atoms with Crippen molar-refractivity contribution >= 4 is 44.7 Å². The first-order valence-corrected chi connectivity index (χ1v) is 12.6. The lowest BCUT2D eigenvalue weighted by molar-refractivity contribution is -0.137. The molecule has 4 aromatic rings. The molecular weight excluding hydrogens is 537 g/mol. The Labute approximate surface area is 223 Å². The number of halogens is 3. The van der Waals surface area contributed by atoms with Gasteiger partial charge in [-0.05, 0) is 60.3 Å². The molecule has 0 unspecified atom stereocenters. The second-order valence-electron chi connectivity index (χ2n) is 8.47. The SMILES string of the molecule is COc1ccc(NC(=O)CCCn2c(=O)c3sccc3n(CC(=O)Nc3cccc(C(F)(F)F)c3)c2=O)cc1. The van der Waals surface area contributed by atoms with Gasteiger partial charge < -0.3 is 15.4 Å². The van der Waals surface area contributed by atoms with Crippen molar-refractivity contribution in [1.29, 1.82) is 0 Å². The lowest BCUT2D eigenvalue weighted by Crippen LogP contribution is -2.41. The number of nitrogens with one attached hydrogen (secondary N) is 2. The van der Waals surface area contributed by atoms with E-state index in [-0.39, 0.29) is 41.2 Å². The zero-order valence-corrected chi connectivity index (χ0v) is 21.4. The van der Waals surface area contributed by atoms with Crippen molar-refractivity contribution in [3.05, 3.63) is 86.4 Å². The molecule has 0 aliphatic heterocycles. The van der Waals surface area contributed by atoms with E-state index < -0.39 is 35.4 Å². The van der Waals surface area contributed by atoms with Crippen molar-refractivity contribution in [1.82, 2.24) is 9.13 Å². The fraction of sp³-hybridized carbons (Fsp3) is 0.231. The summed E-state index contributed by atoms with van der Waals surface area (Å²) in [7, 11) is 1.53. The number of nitrogens with zero attached hydrogens (tertiary/aromatic N) is 2. The molecule has 0 saturated carbocycles. The van der Waals surface area contributed by atoms with Crippen LogP contribution < -0.4 is 26.6 Å². The molecule has 2 heterocycles. The number of aromatic nitrogens is 2. The molecule has 9 nitrogen and oxygen atoms in total. The van der Waals surface area contributed by atoms with Gasteiger partial charge in [0.1, 0.15) is 17.0 Å². The standard InChI is InChI=1S/C26H23F3N4O5S/c1-38-19-9-7-17(8-10-19)30-21(34)6-3-12-32-24(36)23-20(11-13-39-23)33(25(32)37)15-22(35)31-18-5-2-4-16(14-18)26(27,28)29/h2,4-5,7-11,13-14H,3,6,12,15H2,1H3,(H,30,34)(H,31,35). The minimum absolute atomic E-state index is 0.0242. The summed E-state index contributed by atoms with van der Waals surface area (Å²) in [6.45, 7) is -0.600. The van der Waals surface area contributed by atoms with Crippen LogP contribution in [-0.2, 0) is 28.9 Å². The monoisotopic (exact) mass is 560 g/mol. The molecule has 204 valence electrons. The number of hydrogen-bond donors (Lipinski definition) is 2. The van der Waals surface area contributed by atoms with Gasteiger partial charge in [0, 0.05) is 24.3 Å². The summed E-state index contributed by atoms with van der Waals surface area (Å²) in [6.07, 6.45) is -4.39. The van der Waals surface area contributed by atoms with E-state index in [2.05, 4.69) is 10.6 Å². The average Bonchev–Trinajstić information content (AvgIpc) is 3.39. The molecule has 0 radical (unpaired) electrons. The number of fused-ring (bicyclic) bond motifs is 1. The van der Waals surface area contributed by atoms with Gasteiger partial charge in [-0.2, -0.15) is 13.2 Å². The quantitative estimate of drug-likeness (QED) is 0.317. The van der Waals surface area contributed by atoms with Crippen LogP contribution in [0.25, 0.3) is 10.2 Å². The van der Waals surface area contributed by atoms with Crippen molar-refractivity contribution in [2.45, 2.75) is 32.1 Å². The maximum absolute atomic E-state index is 13.2. The predicted octanol–water partition coefficient (Wildman–Crippen LogP) is 4.31. The van der Waals surface area contributed by atoms with E-state index in [0.717, 1.165) is 38.7 Å². The van der Waals surface area contributed by atoms with E-state index >= 15 is 0 Å². The summed E-state index contributed by atoms with van der Waals surface area (Å²) >= 11 is 1.09. The van der Waals surface area contributed by atoms with E-state index in [9.17, 15) is 32.3 Å². The average molecular weight is 561 g/mol. The summed E-state index contributed by atoms with van der Waals surface area (Å²) in [5, 5.41) is 6.68.